The van der Waals surface area contributed by atoms with E-state index in [1.807, 2.05) is 13.0 Å². The molecular formula is C13H17ClN2O2. The number of nitrogens with two attached hydrogens (primary N) is 1. The third-order valence-corrected chi connectivity index (χ3v) is 3.08. The predicted molar refractivity (Wildman–Crippen MR) is 70.7 cm³/mol. The molecule has 1 atom stereocenters. The van der Waals surface area contributed by atoms with Crippen LogP contribution in [0, 0.1) is 0 Å². The smallest absolute Gasteiger partial charge is 0.258 e. The Morgan fingerprint density at radius 2 is 2.33 bits per heavy atom. The van der Waals surface area contributed by atoms with Crippen molar-refractivity contribution in [2.45, 2.75) is 31.8 Å². The van der Waals surface area contributed by atoms with E-state index in [0.717, 1.165) is 18.4 Å². The predicted octanol–water partition coefficient (Wildman–Crippen LogP) is 2.02. The summed E-state index contributed by atoms with van der Waals surface area (Å²) < 4.78 is 5.38. The maximum Gasteiger partial charge on any atom is 0.258 e. The molecule has 0 spiro atoms. The molecule has 0 saturated heterocycles. The van der Waals surface area contributed by atoms with Gasteiger partial charge in [0.1, 0.15) is 5.75 Å². The Kier molecular flexibility index (Phi) is 4.09. The van der Waals surface area contributed by atoms with Crippen LogP contribution in [0.3, 0.4) is 0 Å². The van der Waals surface area contributed by atoms with E-state index in [2.05, 4.69) is 5.32 Å². The lowest BCUT2D eigenvalue weighted by molar-refractivity contribution is -0.123. The lowest BCUT2D eigenvalue weighted by Crippen LogP contribution is -2.30. The lowest BCUT2D eigenvalue weighted by Gasteiger charge is -2.11. The van der Waals surface area contributed by atoms with Crippen LogP contribution in [0.4, 0.5) is 0 Å². The fourth-order valence-electron chi connectivity index (χ4n) is 1.56. The summed E-state index contributed by atoms with van der Waals surface area (Å²) in [7, 11) is 0. The zero-order chi connectivity index (χ0) is 13.1. The van der Waals surface area contributed by atoms with E-state index in [4.69, 9.17) is 22.1 Å². The summed E-state index contributed by atoms with van der Waals surface area (Å²) in [6.07, 6.45) is 2.13. The van der Waals surface area contributed by atoms with Gasteiger partial charge in [0.25, 0.3) is 5.91 Å². The fourth-order valence-corrected chi connectivity index (χ4v) is 1.80. The second-order valence-electron chi connectivity index (χ2n) is 4.61. The van der Waals surface area contributed by atoms with Crippen molar-refractivity contribution in [3.63, 3.8) is 0 Å². The van der Waals surface area contributed by atoms with E-state index in [-0.39, 0.29) is 18.6 Å². The van der Waals surface area contributed by atoms with Crippen LogP contribution in [0.15, 0.2) is 18.2 Å². The van der Waals surface area contributed by atoms with Gasteiger partial charge in [-0.25, -0.2) is 0 Å². The number of nitrogens with one attached hydrogen (secondary N) is 1. The molecule has 5 heteroatoms. The minimum absolute atomic E-state index is 0.00621. The molecule has 1 aromatic rings. The average molecular weight is 269 g/mol. The van der Waals surface area contributed by atoms with E-state index >= 15 is 0 Å². The molecule has 0 aromatic heterocycles. The number of amides is 1. The SMILES string of the molecule is CC(N)c1ccc(OCC(=O)NC2CC2)c(Cl)c1. The van der Waals surface area contributed by atoms with Gasteiger partial charge in [0.15, 0.2) is 6.61 Å². The minimum atomic E-state index is -0.107. The molecule has 0 heterocycles. The molecule has 1 fully saturated rings. The van der Waals surface area contributed by atoms with Crippen LogP contribution in [-0.4, -0.2) is 18.6 Å². The molecule has 4 nitrogen and oxygen atoms in total. The summed E-state index contributed by atoms with van der Waals surface area (Å²) in [5.41, 5.74) is 6.69. The van der Waals surface area contributed by atoms with E-state index in [0.29, 0.717) is 16.8 Å². The Labute approximate surface area is 111 Å². The van der Waals surface area contributed by atoms with Gasteiger partial charge in [0.2, 0.25) is 0 Å². The number of rotatable bonds is 5. The molecule has 1 amide bonds. The summed E-state index contributed by atoms with van der Waals surface area (Å²) >= 11 is 6.06. The van der Waals surface area contributed by atoms with Crippen molar-refractivity contribution < 1.29 is 9.53 Å². The first kappa shape index (κ1) is 13.2. The van der Waals surface area contributed by atoms with Crippen LogP contribution < -0.4 is 15.8 Å². The maximum absolute atomic E-state index is 11.5. The van der Waals surface area contributed by atoms with Crippen LogP contribution in [0.5, 0.6) is 5.75 Å². The number of hydrogen-bond acceptors (Lipinski definition) is 3. The molecule has 1 aliphatic rings. The van der Waals surface area contributed by atoms with Gasteiger partial charge in [-0.15, -0.1) is 0 Å². The molecule has 3 N–H and O–H groups in total. The highest BCUT2D eigenvalue weighted by Crippen LogP contribution is 2.27. The highest BCUT2D eigenvalue weighted by molar-refractivity contribution is 6.32. The molecule has 0 radical (unpaired) electrons. The molecule has 1 saturated carbocycles. The molecule has 98 valence electrons. The summed E-state index contributed by atoms with van der Waals surface area (Å²) in [4.78, 5) is 11.5. The number of carbonyl (C=O) groups is 1. The minimum Gasteiger partial charge on any atom is -0.482 e. The lowest BCUT2D eigenvalue weighted by atomic mass is 10.1. The topological polar surface area (TPSA) is 64.3 Å². The third-order valence-electron chi connectivity index (χ3n) is 2.78. The summed E-state index contributed by atoms with van der Waals surface area (Å²) in [6, 6.07) is 5.63. The van der Waals surface area contributed by atoms with Crippen LogP contribution in [0.1, 0.15) is 31.4 Å². The molecule has 1 aromatic carbocycles. The largest absolute Gasteiger partial charge is 0.482 e. The molecule has 18 heavy (non-hydrogen) atoms. The molecule has 1 aliphatic carbocycles. The van der Waals surface area contributed by atoms with Crippen molar-refractivity contribution in [3.8, 4) is 5.75 Å². The standard InChI is InChI=1S/C13H17ClN2O2/c1-8(15)9-2-5-12(11(14)6-9)18-7-13(17)16-10-3-4-10/h2,5-6,8,10H,3-4,7,15H2,1H3,(H,16,17). The number of ether oxygens (including phenoxy) is 1. The third kappa shape index (κ3) is 3.62. The van der Waals surface area contributed by atoms with Gasteiger partial charge in [-0.3, -0.25) is 4.79 Å². The van der Waals surface area contributed by atoms with Crippen LogP contribution >= 0.6 is 11.6 Å². The Balaban J connectivity index is 1.90. The van der Waals surface area contributed by atoms with Gasteiger partial charge < -0.3 is 15.8 Å². The Bertz CT molecular complexity index is 445. The summed E-state index contributed by atoms with van der Waals surface area (Å²) in [5.74, 6) is 0.400. The zero-order valence-corrected chi connectivity index (χ0v) is 11.0. The highest BCUT2D eigenvalue weighted by atomic mass is 35.5. The normalized spacial score (nSPS) is 16.2. The Morgan fingerprint density at radius 1 is 1.61 bits per heavy atom. The van der Waals surface area contributed by atoms with E-state index < -0.39 is 0 Å². The quantitative estimate of drug-likeness (QED) is 0.859. The first-order chi connectivity index (χ1) is 8.56. The Hall–Kier alpha value is -1.26. The molecule has 2 rings (SSSR count). The van der Waals surface area contributed by atoms with Crippen molar-refractivity contribution in [1.29, 1.82) is 0 Å². The van der Waals surface area contributed by atoms with Gasteiger partial charge in [-0.05, 0) is 37.5 Å². The van der Waals surface area contributed by atoms with E-state index in [1.54, 1.807) is 12.1 Å². The number of halogens is 1. The van der Waals surface area contributed by atoms with Crippen LogP contribution in [0.2, 0.25) is 5.02 Å². The zero-order valence-electron chi connectivity index (χ0n) is 10.3. The second-order valence-corrected chi connectivity index (χ2v) is 5.02. The van der Waals surface area contributed by atoms with Crippen LogP contribution in [0.25, 0.3) is 0 Å². The highest BCUT2D eigenvalue weighted by Gasteiger charge is 2.23. The summed E-state index contributed by atoms with van der Waals surface area (Å²) in [5, 5.41) is 3.32. The molecule has 0 aliphatic heterocycles. The van der Waals surface area contributed by atoms with Crippen LogP contribution in [-0.2, 0) is 4.79 Å². The van der Waals surface area contributed by atoms with Gasteiger partial charge >= 0.3 is 0 Å². The summed E-state index contributed by atoms with van der Waals surface area (Å²) in [6.45, 7) is 1.88. The van der Waals surface area contributed by atoms with Crippen molar-refractivity contribution in [3.05, 3.63) is 28.8 Å². The first-order valence-corrected chi connectivity index (χ1v) is 6.41. The van der Waals surface area contributed by atoms with Gasteiger partial charge in [0.05, 0.1) is 5.02 Å². The van der Waals surface area contributed by atoms with Crippen molar-refractivity contribution in [2.75, 3.05) is 6.61 Å². The molecular weight excluding hydrogens is 252 g/mol. The van der Waals surface area contributed by atoms with E-state index in [9.17, 15) is 4.79 Å². The number of benzene rings is 1. The second kappa shape index (κ2) is 5.59. The van der Waals surface area contributed by atoms with Gasteiger partial charge in [-0.1, -0.05) is 17.7 Å². The Morgan fingerprint density at radius 3 is 2.89 bits per heavy atom. The fraction of sp³-hybridized carbons (Fsp3) is 0.462. The van der Waals surface area contributed by atoms with Crippen molar-refractivity contribution in [2.24, 2.45) is 5.73 Å². The number of carbonyl (C=O) groups excluding carboxylic acids is 1. The van der Waals surface area contributed by atoms with Crippen molar-refractivity contribution in [1.82, 2.24) is 5.32 Å². The monoisotopic (exact) mass is 268 g/mol. The van der Waals surface area contributed by atoms with Crippen molar-refractivity contribution >= 4 is 17.5 Å². The first-order valence-electron chi connectivity index (χ1n) is 6.03. The molecule has 0 bridgehead atoms. The average Bonchev–Trinajstić information content (AvgIpc) is 3.11. The van der Waals surface area contributed by atoms with Gasteiger partial charge in [-0.2, -0.15) is 0 Å². The van der Waals surface area contributed by atoms with Gasteiger partial charge in [0, 0.05) is 12.1 Å². The number of hydrogen-bond donors (Lipinski definition) is 2. The molecule has 1 unspecified atom stereocenters. The maximum atomic E-state index is 11.5. The van der Waals surface area contributed by atoms with E-state index in [1.165, 1.54) is 0 Å².